The summed E-state index contributed by atoms with van der Waals surface area (Å²) < 4.78 is 0. The lowest BCUT2D eigenvalue weighted by molar-refractivity contribution is -0.404. The van der Waals surface area contributed by atoms with E-state index in [1.807, 2.05) is 18.5 Å². The van der Waals surface area contributed by atoms with Gasteiger partial charge < -0.3 is 15.5 Å². The summed E-state index contributed by atoms with van der Waals surface area (Å²) in [5.41, 5.74) is -4.67. The molecule has 22 heteroatoms. The number of hydrogen-bond acceptors (Lipinski definition) is 16. The number of aromatic nitrogens is 1. The maximum absolute atomic E-state index is 10.4. The minimum absolute atomic E-state index is 0.447. The van der Waals surface area contributed by atoms with Gasteiger partial charge in [-0.25, -0.2) is 0 Å². The van der Waals surface area contributed by atoms with E-state index in [1.54, 1.807) is 0 Å². The first kappa shape index (κ1) is 33.8. The number of nitro groups is 6. The number of phenols is 2. The van der Waals surface area contributed by atoms with Gasteiger partial charge in [0.25, 0.3) is 22.9 Å². The summed E-state index contributed by atoms with van der Waals surface area (Å²) in [6.45, 7) is 1.15. The lowest BCUT2D eigenvalue weighted by Gasteiger charge is -2.23. The van der Waals surface area contributed by atoms with Gasteiger partial charge in [0, 0.05) is 18.4 Å². The Hall–Kier alpha value is -6.45. The van der Waals surface area contributed by atoms with Gasteiger partial charge in [0.15, 0.2) is 0 Å². The highest BCUT2D eigenvalue weighted by atomic mass is 16.7. The summed E-state index contributed by atoms with van der Waals surface area (Å²) >= 11 is 0. The molecule has 232 valence electrons. The summed E-state index contributed by atoms with van der Waals surface area (Å²) in [6, 6.07) is 6.49. The molecule has 1 fully saturated rings. The first-order valence-electron chi connectivity index (χ1n) is 11.9. The molecule has 0 bridgehead atoms. The number of nitro benzene ring substituents is 6. The summed E-state index contributed by atoms with van der Waals surface area (Å²) in [5, 5.41) is 83.9. The second kappa shape index (κ2) is 15.0. The number of non-ortho nitro benzene ring substituents is 2. The molecule has 3 aromatic rings. The van der Waals surface area contributed by atoms with Gasteiger partial charge in [0.05, 0.1) is 53.8 Å². The number of aromatic hydroxyl groups is 2. The van der Waals surface area contributed by atoms with Crippen LogP contribution in [-0.2, 0) is 0 Å². The minimum Gasteiger partial charge on any atom is -0.497 e. The Morgan fingerprint density at radius 3 is 1.34 bits per heavy atom. The molecule has 0 amide bonds. The number of nitrogens with one attached hydrogen (secondary N) is 1. The van der Waals surface area contributed by atoms with Crippen molar-refractivity contribution < 1.29 is 39.8 Å². The number of phenolic OH excluding ortho intramolecular Hbond substituents is 2. The van der Waals surface area contributed by atoms with Gasteiger partial charge in [-0.3, -0.25) is 65.7 Å². The Morgan fingerprint density at radius 1 is 0.659 bits per heavy atom. The molecule has 0 spiro atoms. The highest BCUT2D eigenvalue weighted by Crippen LogP contribution is 2.40. The van der Waals surface area contributed by atoms with Crippen molar-refractivity contribution >= 4 is 34.1 Å². The fourth-order valence-corrected chi connectivity index (χ4v) is 3.67. The third-order valence-electron chi connectivity index (χ3n) is 5.71. The van der Waals surface area contributed by atoms with E-state index in [1.165, 1.54) is 24.8 Å². The molecule has 0 unspecified atom stereocenters. The maximum atomic E-state index is 10.4. The first-order chi connectivity index (χ1) is 20.6. The third kappa shape index (κ3) is 8.77. The van der Waals surface area contributed by atoms with Crippen molar-refractivity contribution in [3.05, 3.63) is 115 Å². The molecule has 1 aliphatic heterocycles. The maximum Gasteiger partial charge on any atom is 0.324 e. The SMILES string of the molecule is O=[N+]([O-])c1cc([N+](=O)[O-])c(O)c([N+](=O)[O-])c1.O=[N+]([O-])c1cc([N+](=O)[O-])c(O)c([N+](=O)[O-])c1.c1cncc([C@H]2CCCCN2)c1. The van der Waals surface area contributed by atoms with Crippen LogP contribution >= 0.6 is 0 Å². The molecule has 2 heterocycles. The summed E-state index contributed by atoms with van der Waals surface area (Å²) in [7, 11) is 0. The smallest absolute Gasteiger partial charge is 0.324 e. The first-order valence-corrected chi connectivity index (χ1v) is 11.9. The van der Waals surface area contributed by atoms with E-state index in [4.69, 9.17) is 10.2 Å². The second-order valence-corrected chi connectivity index (χ2v) is 8.50. The molecule has 0 aliphatic carbocycles. The Bertz CT molecular complexity index is 1430. The number of rotatable bonds is 7. The lowest BCUT2D eigenvalue weighted by atomic mass is 9.99. The average Bonchev–Trinajstić information content (AvgIpc) is 2.98. The van der Waals surface area contributed by atoms with Gasteiger partial charge in [-0.1, -0.05) is 12.5 Å². The highest BCUT2D eigenvalue weighted by Gasteiger charge is 2.31. The molecule has 44 heavy (non-hydrogen) atoms. The molecule has 1 saturated heterocycles. The van der Waals surface area contributed by atoms with Crippen LogP contribution in [0, 0.1) is 60.7 Å². The molecule has 0 radical (unpaired) electrons. The number of nitrogens with zero attached hydrogens (tertiary/aromatic N) is 7. The van der Waals surface area contributed by atoms with E-state index in [0.717, 1.165) is 6.54 Å². The zero-order chi connectivity index (χ0) is 33.1. The van der Waals surface area contributed by atoms with Gasteiger partial charge >= 0.3 is 22.7 Å². The van der Waals surface area contributed by atoms with Crippen LogP contribution in [0.3, 0.4) is 0 Å². The van der Waals surface area contributed by atoms with Crippen LogP contribution in [0.4, 0.5) is 34.1 Å². The predicted molar refractivity (Wildman–Crippen MR) is 145 cm³/mol. The van der Waals surface area contributed by atoms with Crippen LogP contribution in [-0.4, -0.2) is 51.3 Å². The van der Waals surface area contributed by atoms with E-state index in [-0.39, 0.29) is 0 Å². The number of piperidine rings is 1. The molecular formula is C22H20N8O14. The Morgan fingerprint density at radius 2 is 1.07 bits per heavy atom. The van der Waals surface area contributed by atoms with Crippen LogP contribution < -0.4 is 5.32 Å². The molecule has 0 saturated carbocycles. The molecule has 1 aliphatic rings. The molecule has 1 aromatic heterocycles. The Balaban J connectivity index is 0.000000232. The van der Waals surface area contributed by atoms with Crippen molar-refractivity contribution in [1.29, 1.82) is 0 Å². The van der Waals surface area contributed by atoms with E-state index in [0.29, 0.717) is 30.3 Å². The number of benzene rings is 2. The van der Waals surface area contributed by atoms with Gasteiger partial charge in [0.1, 0.15) is 0 Å². The van der Waals surface area contributed by atoms with Gasteiger partial charge in [-0.05, 0) is 31.0 Å². The van der Waals surface area contributed by atoms with Gasteiger partial charge in [-0.2, -0.15) is 0 Å². The highest BCUT2D eigenvalue weighted by molar-refractivity contribution is 5.65. The third-order valence-corrected chi connectivity index (χ3v) is 5.71. The lowest BCUT2D eigenvalue weighted by Crippen LogP contribution is -2.26. The fraction of sp³-hybridized carbons (Fsp3) is 0.227. The summed E-state index contributed by atoms with van der Waals surface area (Å²) in [6.07, 6.45) is 7.70. The second-order valence-electron chi connectivity index (χ2n) is 8.50. The van der Waals surface area contributed by atoms with Crippen LogP contribution in [0.25, 0.3) is 0 Å². The van der Waals surface area contributed by atoms with Gasteiger partial charge in [0.2, 0.25) is 0 Å². The minimum atomic E-state index is -1.21. The largest absolute Gasteiger partial charge is 0.497 e. The zero-order valence-corrected chi connectivity index (χ0v) is 21.9. The van der Waals surface area contributed by atoms with Crippen molar-refractivity contribution in [3.8, 4) is 11.5 Å². The zero-order valence-electron chi connectivity index (χ0n) is 21.9. The van der Waals surface area contributed by atoms with E-state index >= 15 is 0 Å². The molecule has 2 aromatic carbocycles. The molecule has 1 atom stereocenters. The van der Waals surface area contributed by atoms with Crippen LogP contribution in [0.2, 0.25) is 0 Å². The standard InChI is InChI=1S/C10H14N2.2C6H3N3O7/c1-2-7-12-10(5-1)9-4-3-6-11-8-9;2*10-6-4(8(13)14)1-3(7(11)12)2-5(6)9(15)16/h3-4,6,8,10,12H,1-2,5,7H2;2*1-2,10H/t10-;;/m1../s1. The topological polar surface area (TPSA) is 324 Å². The molecule has 3 N–H and O–H groups in total. The fourth-order valence-electron chi connectivity index (χ4n) is 3.67. The van der Waals surface area contributed by atoms with Crippen molar-refractivity contribution in [3.63, 3.8) is 0 Å². The number of pyridine rings is 1. The summed E-state index contributed by atoms with van der Waals surface area (Å²) in [4.78, 5) is 59.7. The monoisotopic (exact) mass is 620 g/mol. The van der Waals surface area contributed by atoms with E-state index < -0.39 is 75.2 Å². The van der Waals surface area contributed by atoms with Crippen molar-refractivity contribution in [2.45, 2.75) is 25.3 Å². The van der Waals surface area contributed by atoms with Crippen molar-refractivity contribution in [2.24, 2.45) is 0 Å². The molecule has 4 rings (SSSR count). The predicted octanol–water partition coefficient (Wildman–Crippen LogP) is 4.13. The Kier molecular flexibility index (Phi) is 11.5. The van der Waals surface area contributed by atoms with E-state index in [9.17, 15) is 60.7 Å². The van der Waals surface area contributed by atoms with Gasteiger partial charge in [-0.15, -0.1) is 0 Å². The van der Waals surface area contributed by atoms with Crippen LogP contribution in [0.5, 0.6) is 11.5 Å². The Labute approximate surface area is 243 Å². The van der Waals surface area contributed by atoms with Crippen LogP contribution in [0.1, 0.15) is 30.9 Å². The van der Waals surface area contributed by atoms with Crippen molar-refractivity contribution in [2.75, 3.05) is 6.54 Å². The summed E-state index contributed by atoms with van der Waals surface area (Å²) in [5.74, 6) is -2.42. The van der Waals surface area contributed by atoms with Crippen molar-refractivity contribution in [1.82, 2.24) is 10.3 Å². The number of hydrogen-bond donors (Lipinski definition) is 3. The van der Waals surface area contributed by atoms with Crippen LogP contribution in [0.15, 0.2) is 48.8 Å². The molecular weight excluding hydrogens is 600 g/mol. The quantitative estimate of drug-likeness (QED) is 0.247. The average molecular weight is 620 g/mol. The van der Waals surface area contributed by atoms with E-state index in [2.05, 4.69) is 16.4 Å². The normalized spacial score (nSPS) is 13.6. The molecule has 22 nitrogen and oxygen atoms in total.